The van der Waals surface area contributed by atoms with Crippen LogP contribution in [0.25, 0.3) is 0 Å². The molecule has 2 rings (SSSR count). The van der Waals surface area contributed by atoms with Crippen molar-refractivity contribution in [2.75, 3.05) is 39.3 Å². The van der Waals surface area contributed by atoms with Gasteiger partial charge in [-0.2, -0.15) is 0 Å². The number of amides is 1. The van der Waals surface area contributed by atoms with Crippen LogP contribution in [0, 0.1) is 0 Å². The van der Waals surface area contributed by atoms with Gasteiger partial charge >= 0.3 is 0 Å². The van der Waals surface area contributed by atoms with Crippen molar-refractivity contribution in [2.24, 2.45) is 0 Å². The zero-order chi connectivity index (χ0) is 12.1. The van der Waals surface area contributed by atoms with Gasteiger partial charge in [-0.25, -0.2) is 0 Å². The molecule has 1 N–H and O–H groups in total. The third-order valence-electron chi connectivity index (χ3n) is 3.70. The van der Waals surface area contributed by atoms with E-state index in [-0.39, 0.29) is 6.04 Å². The lowest BCUT2D eigenvalue weighted by molar-refractivity contribution is -0.136. The third kappa shape index (κ3) is 3.07. The van der Waals surface area contributed by atoms with Gasteiger partial charge in [-0.15, -0.1) is 6.58 Å². The highest BCUT2D eigenvalue weighted by molar-refractivity contribution is 5.82. The van der Waals surface area contributed by atoms with Crippen molar-refractivity contribution in [2.45, 2.75) is 25.3 Å². The Hall–Kier alpha value is -0.870. The predicted molar refractivity (Wildman–Crippen MR) is 68.9 cm³/mol. The Bertz CT molecular complexity index is 274. The summed E-state index contributed by atoms with van der Waals surface area (Å²) in [4.78, 5) is 16.8. The fraction of sp³-hybridized carbons (Fsp3) is 0.769. The van der Waals surface area contributed by atoms with Crippen LogP contribution in [0.1, 0.15) is 19.3 Å². The normalized spacial score (nSPS) is 26.1. The summed E-state index contributed by atoms with van der Waals surface area (Å²) in [5.74, 6) is 0.341. The lowest BCUT2D eigenvalue weighted by atomic mass is 10.1. The van der Waals surface area contributed by atoms with E-state index in [9.17, 15) is 4.79 Å². The first-order valence-corrected chi connectivity index (χ1v) is 6.67. The average Bonchev–Trinajstić information content (AvgIpc) is 2.84. The third-order valence-corrected chi connectivity index (χ3v) is 3.70. The van der Waals surface area contributed by atoms with Gasteiger partial charge in [0.1, 0.15) is 0 Å². The van der Waals surface area contributed by atoms with Gasteiger partial charge in [0.25, 0.3) is 0 Å². The number of hydrogen-bond acceptors (Lipinski definition) is 3. The van der Waals surface area contributed by atoms with Crippen LogP contribution < -0.4 is 5.32 Å². The Balaban J connectivity index is 1.90. The molecule has 96 valence electrons. The van der Waals surface area contributed by atoms with Gasteiger partial charge in [-0.3, -0.25) is 9.69 Å². The highest BCUT2D eigenvalue weighted by Gasteiger charge is 2.33. The number of carbonyl (C=O) groups is 1. The monoisotopic (exact) mass is 237 g/mol. The number of rotatable bonds is 4. The standard InChI is InChI=1S/C13H23N3O/c1-2-3-8-15-9-4-5-12(15)13(17)16-10-6-14-7-11-16/h2,12,14H,1,3-11H2. The number of piperazine rings is 1. The molecule has 2 aliphatic rings. The van der Waals surface area contributed by atoms with E-state index in [0.29, 0.717) is 5.91 Å². The second-order valence-electron chi connectivity index (χ2n) is 4.85. The number of nitrogens with zero attached hydrogens (tertiary/aromatic N) is 2. The molecule has 0 radical (unpaired) electrons. The fourth-order valence-electron chi connectivity index (χ4n) is 2.73. The molecule has 0 aliphatic carbocycles. The second kappa shape index (κ2) is 6.17. The molecule has 0 bridgehead atoms. The summed E-state index contributed by atoms with van der Waals surface area (Å²) >= 11 is 0. The quantitative estimate of drug-likeness (QED) is 0.722. The molecule has 2 fully saturated rings. The van der Waals surface area contributed by atoms with Gasteiger partial charge in [0.05, 0.1) is 6.04 Å². The van der Waals surface area contributed by atoms with Crippen molar-refractivity contribution in [1.29, 1.82) is 0 Å². The highest BCUT2D eigenvalue weighted by Crippen LogP contribution is 2.19. The molecule has 0 aromatic rings. The van der Waals surface area contributed by atoms with Crippen molar-refractivity contribution in [1.82, 2.24) is 15.1 Å². The molecular weight excluding hydrogens is 214 g/mol. The first-order chi connectivity index (χ1) is 8.33. The van der Waals surface area contributed by atoms with Gasteiger partial charge in [-0.1, -0.05) is 6.08 Å². The maximum Gasteiger partial charge on any atom is 0.240 e. The lowest BCUT2D eigenvalue weighted by Crippen LogP contribution is -2.52. The molecule has 2 aliphatic heterocycles. The van der Waals surface area contributed by atoms with Crippen LogP contribution in [0.2, 0.25) is 0 Å². The van der Waals surface area contributed by atoms with Crippen LogP contribution in [0.15, 0.2) is 12.7 Å². The van der Waals surface area contributed by atoms with Crippen LogP contribution in [0.4, 0.5) is 0 Å². The minimum absolute atomic E-state index is 0.132. The number of carbonyl (C=O) groups excluding carboxylic acids is 1. The number of hydrogen-bond donors (Lipinski definition) is 1. The van der Waals surface area contributed by atoms with E-state index < -0.39 is 0 Å². The topological polar surface area (TPSA) is 35.6 Å². The Morgan fingerprint density at radius 3 is 2.82 bits per heavy atom. The molecule has 1 unspecified atom stereocenters. The molecule has 2 saturated heterocycles. The van der Waals surface area contributed by atoms with Crippen molar-refractivity contribution in [3.63, 3.8) is 0 Å². The van der Waals surface area contributed by atoms with Crippen molar-refractivity contribution >= 4 is 5.91 Å². The smallest absolute Gasteiger partial charge is 0.240 e. The zero-order valence-corrected chi connectivity index (χ0v) is 10.5. The van der Waals surface area contributed by atoms with Crippen LogP contribution in [0.3, 0.4) is 0 Å². The van der Waals surface area contributed by atoms with E-state index >= 15 is 0 Å². The summed E-state index contributed by atoms with van der Waals surface area (Å²) in [6.07, 6.45) is 5.09. The van der Waals surface area contributed by atoms with E-state index in [2.05, 4.69) is 16.8 Å². The van der Waals surface area contributed by atoms with Crippen LogP contribution in [-0.4, -0.2) is 61.0 Å². The van der Waals surface area contributed by atoms with Gasteiger partial charge < -0.3 is 10.2 Å². The molecule has 4 nitrogen and oxygen atoms in total. The van der Waals surface area contributed by atoms with Gasteiger partial charge in [-0.05, 0) is 25.8 Å². The van der Waals surface area contributed by atoms with Crippen molar-refractivity contribution in [3.8, 4) is 0 Å². The largest absolute Gasteiger partial charge is 0.339 e. The molecular formula is C13H23N3O. The highest BCUT2D eigenvalue weighted by atomic mass is 16.2. The summed E-state index contributed by atoms with van der Waals surface area (Å²) in [6.45, 7) is 9.40. The van der Waals surface area contributed by atoms with Crippen LogP contribution in [-0.2, 0) is 4.79 Å². The Morgan fingerprint density at radius 1 is 1.35 bits per heavy atom. The molecule has 0 aromatic heterocycles. The van der Waals surface area contributed by atoms with E-state index in [1.807, 2.05) is 11.0 Å². The van der Waals surface area contributed by atoms with Gasteiger partial charge in [0.15, 0.2) is 0 Å². The fourth-order valence-corrected chi connectivity index (χ4v) is 2.73. The first-order valence-electron chi connectivity index (χ1n) is 6.67. The second-order valence-corrected chi connectivity index (χ2v) is 4.85. The number of nitrogens with one attached hydrogen (secondary N) is 1. The predicted octanol–water partition coefficient (Wildman–Crippen LogP) is 0.459. The number of likely N-dealkylation sites (tertiary alicyclic amines) is 1. The SMILES string of the molecule is C=CCCN1CCCC1C(=O)N1CCNCC1. The first kappa shape index (κ1) is 12.6. The van der Waals surface area contributed by atoms with E-state index in [1.165, 1.54) is 0 Å². The van der Waals surface area contributed by atoms with Gasteiger partial charge in [0.2, 0.25) is 5.91 Å². The Labute approximate surface area is 104 Å². The molecule has 4 heteroatoms. The summed E-state index contributed by atoms with van der Waals surface area (Å²) in [6, 6.07) is 0.132. The molecule has 1 atom stereocenters. The maximum absolute atomic E-state index is 12.4. The van der Waals surface area contributed by atoms with Crippen molar-refractivity contribution < 1.29 is 4.79 Å². The Morgan fingerprint density at radius 2 is 2.12 bits per heavy atom. The zero-order valence-electron chi connectivity index (χ0n) is 10.5. The molecule has 17 heavy (non-hydrogen) atoms. The summed E-state index contributed by atoms with van der Waals surface area (Å²) in [5, 5.41) is 3.28. The van der Waals surface area contributed by atoms with E-state index in [0.717, 1.165) is 58.5 Å². The molecule has 0 spiro atoms. The summed E-state index contributed by atoms with van der Waals surface area (Å²) < 4.78 is 0. The minimum Gasteiger partial charge on any atom is -0.339 e. The van der Waals surface area contributed by atoms with Crippen LogP contribution >= 0.6 is 0 Å². The molecule has 0 saturated carbocycles. The molecule has 0 aromatic carbocycles. The maximum atomic E-state index is 12.4. The Kier molecular flexibility index (Phi) is 4.57. The minimum atomic E-state index is 0.132. The van der Waals surface area contributed by atoms with E-state index in [4.69, 9.17) is 0 Å². The summed E-state index contributed by atoms with van der Waals surface area (Å²) in [7, 11) is 0. The van der Waals surface area contributed by atoms with Gasteiger partial charge in [0, 0.05) is 32.7 Å². The molecule has 1 amide bonds. The average molecular weight is 237 g/mol. The summed E-state index contributed by atoms with van der Waals surface area (Å²) in [5.41, 5.74) is 0. The lowest BCUT2D eigenvalue weighted by Gasteiger charge is -2.32. The van der Waals surface area contributed by atoms with Crippen molar-refractivity contribution in [3.05, 3.63) is 12.7 Å². The van der Waals surface area contributed by atoms with Crippen LogP contribution in [0.5, 0.6) is 0 Å². The van der Waals surface area contributed by atoms with E-state index in [1.54, 1.807) is 0 Å². The molecule has 2 heterocycles.